The summed E-state index contributed by atoms with van der Waals surface area (Å²) in [5.74, 6) is -0.224. The molecule has 2 rings (SSSR count). The van der Waals surface area contributed by atoms with E-state index in [0.717, 1.165) is 6.42 Å². The van der Waals surface area contributed by atoms with Gasteiger partial charge in [0.05, 0.1) is 0 Å². The average Bonchev–Trinajstić information content (AvgIpc) is 2.49. The zero-order chi connectivity index (χ0) is 16.8. The SMILES string of the molecule is C[C@@H]1C[C@@H](C)CN(C(=O)COC(=O)/C=C/c2cccc(F)c2)C1. The summed E-state index contributed by atoms with van der Waals surface area (Å²) in [7, 11) is 0. The molecule has 0 N–H and O–H groups in total. The molecule has 2 atom stereocenters. The maximum Gasteiger partial charge on any atom is 0.331 e. The zero-order valence-electron chi connectivity index (χ0n) is 13.5. The van der Waals surface area contributed by atoms with Crippen LogP contribution in [-0.2, 0) is 14.3 Å². The summed E-state index contributed by atoms with van der Waals surface area (Å²) in [5, 5.41) is 0. The van der Waals surface area contributed by atoms with Crippen LogP contribution in [0.2, 0.25) is 0 Å². The van der Waals surface area contributed by atoms with Crippen LogP contribution in [0.3, 0.4) is 0 Å². The summed E-state index contributed by atoms with van der Waals surface area (Å²) in [5.41, 5.74) is 0.562. The molecule has 5 heteroatoms. The molecule has 0 bridgehead atoms. The first-order valence-electron chi connectivity index (χ1n) is 7.82. The second kappa shape index (κ2) is 7.90. The fourth-order valence-electron chi connectivity index (χ4n) is 2.91. The molecule has 1 aromatic rings. The number of halogens is 1. The van der Waals surface area contributed by atoms with E-state index in [1.54, 1.807) is 17.0 Å². The van der Waals surface area contributed by atoms with Gasteiger partial charge in [0, 0.05) is 19.2 Å². The van der Waals surface area contributed by atoms with Crippen molar-refractivity contribution in [3.8, 4) is 0 Å². The number of rotatable bonds is 4. The Labute approximate surface area is 135 Å². The molecule has 1 aromatic carbocycles. The molecule has 1 heterocycles. The third-order valence-electron chi connectivity index (χ3n) is 3.82. The maximum absolute atomic E-state index is 13.0. The Bertz CT molecular complexity index is 590. The van der Waals surface area contributed by atoms with E-state index in [1.807, 2.05) is 0 Å². The smallest absolute Gasteiger partial charge is 0.331 e. The van der Waals surface area contributed by atoms with Crippen LogP contribution in [-0.4, -0.2) is 36.5 Å². The number of hydrogen-bond acceptors (Lipinski definition) is 3. The Morgan fingerprint density at radius 3 is 2.65 bits per heavy atom. The van der Waals surface area contributed by atoms with E-state index in [2.05, 4.69) is 13.8 Å². The van der Waals surface area contributed by atoms with Crippen LogP contribution >= 0.6 is 0 Å². The molecule has 0 spiro atoms. The third-order valence-corrected chi connectivity index (χ3v) is 3.82. The number of amides is 1. The molecule has 0 aromatic heterocycles. The minimum absolute atomic E-state index is 0.170. The van der Waals surface area contributed by atoms with Gasteiger partial charge in [0.2, 0.25) is 0 Å². The second-order valence-corrected chi connectivity index (χ2v) is 6.24. The van der Waals surface area contributed by atoms with Crippen LogP contribution in [0.1, 0.15) is 25.8 Å². The number of carbonyl (C=O) groups excluding carboxylic acids is 2. The van der Waals surface area contributed by atoms with E-state index >= 15 is 0 Å². The lowest BCUT2D eigenvalue weighted by molar-refractivity contribution is -0.149. The minimum atomic E-state index is -0.610. The predicted molar refractivity (Wildman–Crippen MR) is 85.9 cm³/mol. The number of hydrogen-bond donors (Lipinski definition) is 0. The fourth-order valence-corrected chi connectivity index (χ4v) is 2.91. The highest BCUT2D eigenvalue weighted by molar-refractivity contribution is 5.89. The first-order valence-corrected chi connectivity index (χ1v) is 7.82. The van der Waals surface area contributed by atoms with Gasteiger partial charge in [-0.15, -0.1) is 0 Å². The highest BCUT2D eigenvalue weighted by Crippen LogP contribution is 2.20. The molecule has 1 saturated heterocycles. The van der Waals surface area contributed by atoms with Crippen molar-refractivity contribution in [2.24, 2.45) is 11.8 Å². The van der Waals surface area contributed by atoms with Crippen LogP contribution < -0.4 is 0 Å². The number of esters is 1. The Balaban J connectivity index is 1.80. The van der Waals surface area contributed by atoms with Crippen molar-refractivity contribution in [2.45, 2.75) is 20.3 Å². The molecule has 124 valence electrons. The van der Waals surface area contributed by atoms with E-state index in [9.17, 15) is 14.0 Å². The standard InChI is InChI=1S/C18H22FNO3/c1-13-8-14(2)11-20(10-13)17(21)12-23-18(22)7-6-15-4-3-5-16(19)9-15/h3-7,9,13-14H,8,10-12H2,1-2H3/b7-6+/t13-,14-/m1/s1. The molecular weight excluding hydrogens is 297 g/mol. The van der Waals surface area contributed by atoms with Crippen molar-refractivity contribution >= 4 is 18.0 Å². The molecule has 1 aliphatic rings. The van der Waals surface area contributed by atoms with Gasteiger partial charge in [-0.05, 0) is 42.0 Å². The quantitative estimate of drug-likeness (QED) is 0.633. The number of ether oxygens (including phenoxy) is 1. The minimum Gasteiger partial charge on any atom is -0.452 e. The largest absolute Gasteiger partial charge is 0.452 e. The summed E-state index contributed by atoms with van der Waals surface area (Å²) in [4.78, 5) is 25.5. The molecule has 23 heavy (non-hydrogen) atoms. The predicted octanol–water partition coefficient (Wildman–Crippen LogP) is 2.89. The van der Waals surface area contributed by atoms with Crippen LogP contribution in [0, 0.1) is 17.7 Å². The van der Waals surface area contributed by atoms with Gasteiger partial charge < -0.3 is 9.64 Å². The normalized spacial score (nSPS) is 21.4. The Morgan fingerprint density at radius 1 is 1.30 bits per heavy atom. The topological polar surface area (TPSA) is 46.6 Å². The highest BCUT2D eigenvalue weighted by atomic mass is 19.1. The molecule has 0 radical (unpaired) electrons. The lowest BCUT2D eigenvalue weighted by Gasteiger charge is -2.34. The van der Waals surface area contributed by atoms with Crippen LogP contribution in [0.5, 0.6) is 0 Å². The zero-order valence-corrected chi connectivity index (χ0v) is 13.5. The van der Waals surface area contributed by atoms with Crippen LogP contribution in [0.4, 0.5) is 4.39 Å². The van der Waals surface area contributed by atoms with Crippen LogP contribution in [0.25, 0.3) is 6.08 Å². The lowest BCUT2D eigenvalue weighted by Crippen LogP contribution is -2.44. The Hall–Kier alpha value is -2.17. The molecule has 1 amide bonds. The molecular formula is C18H22FNO3. The Kier molecular flexibility index (Phi) is 5.90. The monoisotopic (exact) mass is 319 g/mol. The summed E-state index contributed by atoms with van der Waals surface area (Å²) in [6.45, 7) is 5.39. The average molecular weight is 319 g/mol. The van der Waals surface area contributed by atoms with E-state index in [1.165, 1.54) is 24.3 Å². The number of piperidine rings is 1. The molecule has 0 unspecified atom stereocenters. The van der Waals surface area contributed by atoms with Gasteiger partial charge in [-0.1, -0.05) is 26.0 Å². The van der Waals surface area contributed by atoms with E-state index in [4.69, 9.17) is 4.74 Å². The Morgan fingerprint density at radius 2 is 2.00 bits per heavy atom. The van der Waals surface area contributed by atoms with Gasteiger partial charge in [0.1, 0.15) is 5.82 Å². The first kappa shape index (κ1) is 17.2. The maximum atomic E-state index is 13.0. The number of likely N-dealkylation sites (tertiary alicyclic amines) is 1. The molecule has 0 aliphatic carbocycles. The van der Waals surface area contributed by atoms with Gasteiger partial charge in [-0.3, -0.25) is 4.79 Å². The van der Waals surface area contributed by atoms with Gasteiger partial charge >= 0.3 is 5.97 Å². The number of benzene rings is 1. The molecule has 1 fully saturated rings. The fraction of sp³-hybridized carbons (Fsp3) is 0.444. The number of nitrogens with zero attached hydrogens (tertiary/aromatic N) is 1. The van der Waals surface area contributed by atoms with Gasteiger partial charge in [0.15, 0.2) is 6.61 Å². The molecule has 4 nitrogen and oxygen atoms in total. The highest BCUT2D eigenvalue weighted by Gasteiger charge is 2.25. The van der Waals surface area contributed by atoms with Gasteiger partial charge in [0.25, 0.3) is 5.91 Å². The lowest BCUT2D eigenvalue weighted by atomic mass is 9.92. The molecule has 1 aliphatic heterocycles. The molecule has 0 saturated carbocycles. The van der Waals surface area contributed by atoms with Gasteiger partial charge in [-0.25, -0.2) is 9.18 Å². The van der Waals surface area contributed by atoms with Crippen molar-refractivity contribution < 1.29 is 18.7 Å². The summed E-state index contributed by atoms with van der Waals surface area (Å²) in [6, 6.07) is 5.87. The van der Waals surface area contributed by atoms with E-state index < -0.39 is 5.97 Å². The van der Waals surface area contributed by atoms with Crippen molar-refractivity contribution in [3.05, 3.63) is 41.7 Å². The third kappa shape index (κ3) is 5.51. The van der Waals surface area contributed by atoms with E-state index in [-0.39, 0.29) is 18.3 Å². The van der Waals surface area contributed by atoms with Crippen molar-refractivity contribution in [1.82, 2.24) is 4.90 Å². The van der Waals surface area contributed by atoms with Gasteiger partial charge in [-0.2, -0.15) is 0 Å². The summed E-state index contributed by atoms with van der Waals surface area (Å²) in [6.07, 6.45) is 3.77. The van der Waals surface area contributed by atoms with Crippen molar-refractivity contribution in [1.29, 1.82) is 0 Å². The van der Waals surface area contributed by atoms with Crippen molar-refractivity contribution in [3.63, 3.8) is 0 Å². The number of carbonyl (C=O) groups is 2. The van der Waals surface area contributed by atoms with Crippen LogP contribution in [0.15, 0.2) is 30.3 Å². The summed E-state index contributed by atoms with van der Waals surface area (Å²) < 4.78 is 18.0. The summed E-state index contributed by atoms with van der Waals surface area (Å²) >= 11 is 0. The van der Waals surface area contributed by atoms with E-state index in [0.29, 0.717) is 30.5 Å². The first-order chi connectivity index (χ1) is 10.9. The van der Waals surface area contributed by atoms with Crippen molar-refractivity contribution in [2.75, 3.05) is 19.7 Å². The second-order valence-electron chi connectivity index (χ2n) is 6.24.